The molecule has 1 unspecified atom stereocenters. The van der Waals surface area contributed by atoms with Gasteiger partial charge in [-0.3, -0.25) is 0 Å². The SMILES string of the molecule is CC(C)C(C)CB(c1c(F)c(F)c(F)c(F)c1F)c1c(F)c(F)c(F)c(F)c1F. The Morgan fingerprint density at radius 2 is 0.724 bits per heavy atom. The van der Waals surface area contributed by atoms with Gasteiger partial charge in [0.2, 0.25) is 6.71 Å². The summed E-state index contributed by atoms with van der Waals surface area (Å²) in [5, 5.41) is 0. The summed E-state index contributed by atoms with van der Waals surface area (Å²) in [6.45, 7) is 2.26. The van der Waals surface area contributed by atoms with Gasteiger partial charge in [0.25, 0.3) is 0 Å². The second-order valence-corrected chi connectivity index (χ2v) is 6.98. The Morgan fingerprint density at radius 3 is 0.966 bits per heavy atom. The van der Waals surface area contributed by atoms with Gasteiger partial charge >= 0.3 is 0 Å². The van der Waals surface area contributed by atoms with Gasteiger partial charge in [0.1, 0.15) is 0 Å². The Hall–Kier alpha value is -2.20. The minimum Gasteiger partial charge on any atom is -0.204 e. The van der Waals surface area contributed by atoms with Crippen LogP contribution in [0.4, 0.5) is 43.9 Å². The number of halogens is 10. The van der Waals surface area contributed by atoms with Crippen LogP contribution in [0.15, 0.2) is 0 Å². The fourth-order valence-corrected chi connectivity index (χ4v) is 2.88. The van der Waals surface area contributed by atoms with Crippen LogP contribution in [-0.2, 0) is 0 Å². The first kappa shape index (κ1) is 23.1. The quantitative estimate of drug-likeness (QED) is 0.272. The lowest BCUT2D eigenvalue weighted by molar-refractivity contribution is 0.381. The Bertz CT molecular complexity index is 829. The smallest absolute Gasteiger partial charge is 0.204 e. The number of hydrogen-bond donors (Lipinski definition) is 0. The van der Waals surface area contributed by atoms with Crippen molar-refractivity contribution >= 4 is 17.6 Å². The van der Waals surface area contributed by atoms with E-state index >= 15 is 0 Å². The molecule has 0 bridgehead atoms. The fraction of sp³-hybridized carbons (Fsp3) is 0.333. The molecule has 0 N–H and O–H groups in total. The van der Waals surface area contributed by atoms with Crippen LogP contribution in [0.1, 0.15) is 20.8 Å². The second kappa shape index (κ2) is 8.27. The summed E-state index contributed by atoms with van der Waals surface area (Å²) in [5.74, 6) is -25.3. The third kappa shape index (κ3) is 3.83. The van der Waals surface area contributed by atoms with Gasteiger partial charge in [0.15, 0.2) is 58.2 Å². The molecule has 2 rings (SSSR count). The topological polar surface area (TPSA) is 0 Å². The molecule has 29 heavy (non-hydrogen) atoms. The molecular weight excluding hydrogens is 417 g/mol. The lowest BCUT2D eigenvalue weighted by Gasteiger charge is -2.24. The normalized spacial score (nSPS) is 12.6. The van der Waals surface area contributed by atoms with Crippen molar-refractivity contribution in [2.24, 2.45) is 11.8 Å². The highest BCUT2D eigenvalue weighted by Gasteiger charge is 2.40. The Kier molecular flexibility index (Phi) is 6.59. The van der Waals surface area contributed by atoms with Crippen LogP contribution in [0, 0.1) is 70.0 Å². The third-order valence-electron chi connectivity index (χ3n) is 4.93. The first-order valence-corrected chi connectivity index (χ1v) is 8.35. The van der Waals surface area contributed by atoms with Crippen molar-refractivity contribution in [3.63, 3.8) is 0 Å². The summed E-state index contributed by atoms with van der Waals surface area (Å²) in [6, 6.07) is 0. The van der Waals surface area contributed by atoms with E-state index in [1.165, 1.54) is 6.92 Å². The monoisotopic (exact) mass is 430 g/mol. The molecule has 0 aliphatic heterocycles. The van der Waals surface area contributed by atoms with Crippen molar-refractivity contribution in [1.82, 2.24) is 0 Å². The van der Waals surface area contributed by atoms with Gasteiger partial charge in [-0.25, -0.2) is 43.9 Å². The minimum absolute atomic E-state index is 0.319. The van der Waals surface area contributed by atoms with E-state index in [2.05, 4.69) is 0 Å². The van der Waals surface area contributed by atoms with E-state index in [-0.39, 0.29) is 5.92 Å². The summed E-state index contributed by atoms with van der Waals surface area (Å²) in [7, 11) is 0. The van der Waals surface area contributed by atoms with Crippen molar-refractivity contribution < 1.29 is 43.9 Å². The summed E-state index contributed by atoms with van der Waals surface area (Å²) < 4.78 is 138. The van der Waals surface area contributed by atoms with Gasteiger partial charge in [-0.2, -0.15) is 0 Å². The summed E-state index contributed by atoms with van der Waals surface area (Å²) in [6.07, 6.45) is -0.658. The van der Waals surface area contributed by atoms with E-state index < -0.39 is 88.0 Å². The highest BCUT2D eigenvalue weighted by atomic mass is 19.2. The molecule has 0 radical (unpaired) electrons. The molecule has 0 spiro atoms. The average Bonchev–Trinajstić information content (AvgIpc) is 2.67. The van der Waals surface area contributed by atoms with E-state index in [9.17, 15) is 43.9 Å². The Labute approximate surface area is 159 Å². The molecule has 0 aliphatic rings. The predicted octanol–water partition coefficient (Wildman–Crippen LogP) is 4.98. The lowest BCUT2D eigenvalue weighted by Crippen LogP contribution is -2.51. The van der Waals surface area contributed by atoms with Gasteiger partial charge in [-0.1, -0.05) is 27.1 Å². The molecule has 0 amide bonds. The maximum Gasteiger partial charge on any atom is 0.225 e. The van der Waals surface area contributed by atoms with Gasteiger partial charge < -0.3 is 0 Å². The molecule has 0 aliphatic carbocycles. The van der Waals surface area contributed by atoms with Crippen LogP contribution in [0.2, 0.25) is 6.32 Å². The highest BCUT2D eigenvalue weighted by molar-refractivity contribution is 6.85. The zero-order chi connectivity index (χ0) is 22.4. The van der Waals surface area contributed by atoms with Crippen molar-refractivity contribution in [1.29, 1.82) is 0 Å². The average molecular weight is 430 g/mol. The van der Waals surface area contributed by atoms with E-state index in [0.717, 1.165) is 0 Å². The van der Waals surface area contributed by atoms with Crippen LogP contribution in [0.5, 0.6) is 0 Å². The first-order valence-electron chi connectivity index (χ1n) is 8.35. The van der Waals surface area contributed by atoms with Crippen LogP contribution in [-0.4, -0.2) is 6.71 Å². The van der Waals surface area contributed by atoms with Crippen molar-refractivity contribution in [2.75, 3.05) is 0 Å². The molecule has 0 saturated carbocycles. The maximum atomic E-state index is 14.3. The fourth-order valence-electron chi connectivity index (χ4n) is 2.88. The molecule has 0 heterocycles. The third-order valence-corrected chi connectivity index (χ3v) is 4.93. The van der Waals surface area contributed by atoms with Gasteiger partial charge in [-0.15, -0.1) is 0 Å². The molecule has 158 valence electrons. The van der Waals surface area contributed by atoms with E-state index in [1.807, 2.05) is 0 Å². The predicted molar refractivity (Wildman–Crippen MR) is 86.3 cm³/mol. The molecular formula is C18H13BF10. The number of benzene rings is 2. The van der Waals surface area contributed by atoms with Crippen molar-refractivity contribution in [2.45, 2.75) is 27.1 Å². The summed E-state index contributed by atoms with van der Waals surface area (Å²) in [4.78, 5) is 0. The molecule has 0 aromatic heterocycles. The van der Waals surface area contributed by atoms with Crippen molar-refractivity contribution in [3.05, 3.63) is 58.2 Å². The Balaban J connectivity index is 2.93. The maximum absolute atomic E-state index is 14.3. The zero-order valence-corrected chi connectivity index (χ0v) is 15.2. The number of hydrogen-bond acceptors (Lipinski definition) is 0. The minimum atomic E-state index is -2.52. The summed E-state index contributed by atoms with van der Waals surface area (Å²) in [5.41, 5.74) is -3.34. The summed E-state index contributed by atoms with van der Waals surface area (Å²) >= 11 is 0. The molecule has 2 aromatic rings. The molecule has 1 atom stereocenters. The van der Waals surface area contributed by atoms with Gasteiger partial charge in [-0.05, 0) is 11.8 Å². The first-order chi connectivity index (χ1) is 13.3. The van der Waals surface area contributed by atoms with Crippen LogP contribution >= 0.6 is 0 Å². The number of rotatable bonds is 5. The van der Waals surface area contributed by atoms with Crippen LogP contribution in [0.3, 0.4) is 0 Å². The molecule has 11 heteroatoms. The molecule has 2 aromatic carbocycles. The molecule has 0 fully saturated rings. The van der Waals surface area contributed by atoms with E-state index in [1.54, 1.807) is 13.8 Å². The Morgan fingerprint density at radius 1 is 0.483 bits per heavy atom. The molecule has 0 saturated heterocycles. The van der Waals surface area contributed by atoms with E-state index in [4.69, 9.17) is 0 Å². The highest BCUT2D eigenvalue weighted by Crippen LogP contribution is 2.25. The lowest BCUT2D eigenvalue weighted by atomic mass is 9.36. The molecule has 0 nitrogen and oxygen atoms in total. The van der Waals surface area contributed by atoms with Gasteiger partial charge in [0, 0.05) is 10.9 Å². The van der Waals surface area contributed by atoms with Gasteiger partial charge in [0.05, 0.1) is 0 Å². The van der Waals surface area contributed by atoms with Crippen LogP contribution in [0.25, 0.3) is 0 Å². The second-order valence-electron chi connectivity index (χ2n) is 6.98. The largest absolute Gasteiger partial charge is 0.225 e. The standard InChI is InChI=1S/C18H13BF10/c1-5(2)6(3)4-19(7-9(20)13(24)17(28)14(25)10(7)21)8-11(22)15(26)18(29)16(27)12(8)23/h5-6H,4H2,1-3H3. The van der Waals surface area contributed by atoms with Crippen LogP contribution < -0.4 is 10.9 Å². The van der Waals surface area contributed by atoms with Crippen molar-refractivity contribution in [3.8, 4) is 0 Å². The van der Waals surface area contributed by atoms with E-state index in [0.29, 0.717) is 0 Å². The zero-order valence-electron chi connectivity index (χ0n) is 15.2.